The number of pyridine rings is 2. The zero-order chi connectivity index (χ0) is 22.2. The molecule has 0 aromatic carbocycles. The fraction of sp³-hybridized carbons (Fsp3) is 0.500. The maximum absolute atomic E-state index is 13.2. The number of nitrogens with zero attached hydrogens (tertiary/aromatic N) is 4. The van der Waals surface area contributed by atoms with Gasteiger partial charge >= 0.3 is 0 Å². The Hall–Kier alpha value is -2.45. The molecular weight excluding hydrogens is 424 g/mol. The van der Waals surface area contributed by atoms with Gasteiger partial charge in [-0.15, -0.1) is 11.8 Å². The largest absolute Gasteiger partial charge is 0.368 e. The molecule has 1 saturated carbocycles. The van der Waals surface area contributed by atoms with Gasteiger partial charge in [0.15, 0.2) is 0 Å². The molecule has 2 fully saturated rings. The van der Waals surface area contributed by atoms with Crippen LogP contribution in [-0.2, 0) is 20.9 Å². The van der Waals surface area contributed by atoms with Crippen molar-refractivity contribution in [1.82, 2.24) is 19.8 Å². The lowest BCUT2D eigenvalue weighted by atomic mass is 9.94. The summed E-state index contributed by atoms with van der Waals surface area (Å²) in [6.07, 6.45) is 10.5. The minimum absolute atomic E-state index is 0.0306. The van der Waals surface area contributed by atoms with Crippen LogP contribution in [0.4, 0.5) is 0 Å². The van der Waals surface area contributed by atoms with Crippen molar-refractivity contribution < 1.29 is 14.3 Å². The van der Waals surface area contributed by atoms with Crippen LogP contribution in [0.15, 0.2) is 53.8 Å². The van der Waals surface area contributed by atoms with E-state index in [2.05, 4.69) is 9.97 Å². The number of hydrogen-bond acceptors (Lipinski definition) is 6. The van der Waals surface area contributed by atoms with E-state index in [9.17, 15) is 9.59 Å². The highest BCUT2D eigenvalue weighted by molar-refractivity contribution is 8.00. The van der Waals surface area contributed by atoms with E-state index in [1.54, 1.807) is 23.5 Å². The van der Waals surface area contributed by atoms with Crippen molar-refractivity contribution >= 4 is 23.6 Å². The van der Waals surface area contributed by atoms with Gasteiger partial charge in [-0.05, 0) is 37.1 Å². The summed E-state index contributed by atoms with van der Waals surface area (Å²) in [5.74, 6) is 0.272. The third-order valence-corrected chi connectivity index (χ3v) is 7.04. The van der Waals surface area contributed by atoms with Crippen LogP contribution >= 0.6 is 11.8 Å². The normalized spacial score (nSPS) is 20.2. The second kappa shape index (κ2) is 11.4. The Morgan fingerprint density at radius 3 is 2.62 bits per heavy atom. The molecule has 1 aliphatic heterocycles. The number of aromatic nitrogens is 2. The summed E-state index contributed by atoms with van der Waals surface area (Å²) < 4.78 is 6.20. The van der Waals surface area contributed by atoms with E-state index in [4.69, 9.17) is 4.74 Å². The average molecular weight is 455 g/mol. The van der Waals surface area contributed by atoms with Crippen LogP contribution in [0.2, 0.25) is 0 Å². The molecule has 3 heterocycles. The van der Waals surface area contributed by atoms with E-state index in [-0.39, 0.29) is 36.3 Å². The van der Waals surface area contributed by atoms with Gasteiger partial charge in [0.1, 0.15) is 0 Å². The Labute approximate surface area is 193 Å². The number of rotatable bonds is 7. The highest BCUT2D eigenvalue weighted by Crippen LogP contribution is 2.25. The van der Waals surface area contributed by atoms with Gasteiger partial charge < -0.3 is 14.5 Å². The minimum Gasteiger partial charge on any atom is -0.368 e. The van der Waals surface area contributed by atoms with Crippen LogP contribution in [0.25, 0.3) is 0 Å². The second-order valence-corrected chi connectivity index (χ2v) is 9.39. The summed E-state index contributed by atoms with van der Waals surface area (Å²) in [7, 11) is 0. The van der Waals surface area contributed by atoms with Crippen molar-refractivity contribution in [3.63, 3.8) is 0 Å². The quantitative estimate of drug-likeness (QED) is 0.599. The lowest BCUT2D eigenvalue weighted by Crippen LogP contribution is -2.46. The Balaban J connectivity index is 1.44. The van der Waals surface area contributed by atoms with Gasteiger partial charge in [0, 0.05) is 42.6 Å². The highest BCUT2D eigenvalue weighted by Gasteiger charge is 2.34. The summed E-state index contributed by atoms with van der Waals surface area (Å²) in [6, 6.07) is 9.75. The molecule has 7 nitrogen and oxygen atoms in total. The average Bonchev–Trinajstić information content (AvgIpc) is 3.02. The zero-order valence-electron chi connectivity index (χ0n) is 18.3. The number of amides is 2. The molecule has 0 radical (unpaired) electrons. The summed E-state index contributed by atoms with van der Waals surface area (Å²) in [5, 5.41) is 0. The Morgan fingerprint density at radius 2 is 1.88 bits per heavy atom. The summed E-state index contributed by atoms with van der Waals surface area (Å²) in [6.45, 7) is 1.43. The molecule has 1 atom stereocenters. The van der Waals surface area contributed by atoms with E-state index < -0.39 is 0 Å². The number of ether oxygens (including phenoxy) is 1. The number of thioether (sulfide) groups is 1. The fourth-order valence-electron chi connectivity index (χ4n) is 4.34. The van der Waals surface area contributed by atoms with E-state index in [0.29, 0.717) is 19.7 Å². The van der Waals surface area contributed by atoms with Crippen LogP contribution in [0.3, 0.4) is 0 Å². The molecule has 2 amide bonds. The predicted octanol–water partition coefficient (Wildman–Crippen LogP) is 3.16. The van der Waals surface area contributed by atoms with Gasteiger partial charge in [0.05, 0.1) is 30.7 Å². The Bertz CT molecular complexity index is 877. The molecule has 170 valence electrons. The molecule has 0 unspecified atom stereocenters. The van der Waals surface area contributed by atoms with Gasteiger partial charge in [-0.25, -0.2) is 0 Å². The van der Waals surface area contributed by atoms with E-state index in [0.717, 1.165) is 36.3 Å². The maximum Gasteiger partial charge on any atom is 0.242 e. The van der Waals surface area contributed by atoms with Crippen LogP contribution in [0.5, 0.6) is 0 Å². The molecular formula is C24H30N4O3S. The van der Waals surface area contributed by atoms with Gasteiger partial charge in [0.2, 0.25) is 11.8 Å². The standard InChI is InChI=1S/C24H30N4O3S/c29-23-16-27(24(30)18-32-22-9-12-25-13-10-22)14-21(31-17-19-6-4-5-11-26-19)15-28(23)20-7-2-1-3-8-20/h4-6,9-13,20-21H,1-3,7-8,14-18H2/t21-/m0/s1. The molecule has 0 spiro atoms. The first kappa shape index (κ1) is 22.7. The molecule has 4 rings (SSSR count). The van der Waals surface area contributed by atoms with Crippen molar-refractivity contribution in [2.24, 2.45) is 0 Å². The molecule has 0 bridgehead atoms. The maximum atomic E-state index is 13.2. The molecule has 0 N–H and O–H groups in total. The Morgan fingerprint density at radius 1 is 1.06 bits per heavy atom. The van der Waals surface area contributed by atoms with Crippen molar-refractivity contribution in [2.75, 3.05) is 25.4 Å². The van der Waals surface area contributed by atoms with Gasteiger partial charge in [-0.1, -0.05) is 25.3 Å². The summed E-state index contributed by atoms with van der Waals surface area (Å²) >= 11 is 1.46. The van der Waals surface area contributed by atoms with E-state index in [1.807, 2.05) is 35.2 Å². The first-order valence-electron chi connectivity index (χ1n) is 11.3. The van der Waals surface area contributed by atoms with Crippen molar-refractivity contribution in [3.05, 3.63) is 54.6 Å². The third kappa shape index (κ3) is 6.29. The first-order valence-corrected chi connectivity index (χ1v) is 12.3. The lowest BCUT2D eigenvalue weighted by Gasteiger charge is -2.34. The molecule has 2 aliphatic rings. The third-order valence-electron chi connectivity index (χ3n) is 6.04. The van der Waals surface area contributed by atoms with Gasteiger partial charge in [0.25, 0.3) is 0 Å². The van der Waals surface area contributed by atoms with E-state index in [1.165, 1.54) is 18.2 Å². The molecule has 2 aromatic rings. The molecule has 32 heavy (non-hydrogen) atoms. The molecule has 2 aromatic heterocycles. The first-order chi connectivity index (χ1) is 15.7. The van der Waals surface area contributed by atoms with Crippen LogP contribution in [0, 0.1) is 0 Å². The van der Waals surface area contributed by atoms with Gasteiger partial charge in [-0.2, -0.15) is 0 Å². The fourth-order valence-corrected chi connectivity index (χ4v) is 5.13. The van der Waals surface area contributed by atoms with Crippen molar-refractivity contribution in [3.8, 4) is 0 Å². The topological polar surface area (TPSA) is 75.6 Å². The van der Waals surface area contributed by atoms with Gasteiger partial charge in [-0.3, -0.25) is 19.6 Å². The summed E-state index contributed by atoms with van der Waals surface area (Å²) in [5.41, 5.74) is 0.846. The van der Waals surface area contributed by atoms with Crippen LogP contribution in [-0.4, -0.2) is 69.1 Å². The SMILES string of the molecule is O=C(CSc1ccncc1)N1CC(=O)N(C2CCCCC2)C[C@@H](OCc2ccccn2)C1. The van der Waals surface area contributed by atoms with Crippen molar-refractivity contribution in [2.45, 2.75) is 55.8 Å². The smallest absolute Gasteiger partial charge is 0.242 e. The Kier molecular flexibility index (Phi) is 8.12. The lowest BCUT2D eigenvalue weighted by molar-refractivity contribution is -0.139. The molecule has 8 heteroatoms. The van der Waals surface area contributed by atoms with Crippen LogP contribution in [0.1, 0.15) is 37.8 Å². The summed E-state index contributed by atoms with van der Waals surface area (Å²) in [4.78, 5) is 39.2. The second-order valence-electron chi connectivity index (χ2n) is 8.34. The van der Waals surface area contributed by atoms with Crippen molar-refractivity contribution in [1.29, 1.82) is 0 Å². The zero-order valence-corrected chi connectivity index (χ0v) is 19.1. The van der Waals surface area contributed by atoms with Crippen LogP contribution < -0.4 is 0 Å². The minimum atomic E-state index is -0.236. The number of hydrogen-bond donors (Lipinski definition) is 0. The monoisotopic (exact) mass is 454 g/mol. The highest BCUT2D eigenvalue weighted by atomic mass is 32.2. The number of carbonyl (C=O) groups excluding carboxylic acids is 2. The molecule has 1 aliphatic carbocycles. The predicted molar refractivity (Wildman–Crippen MR) is 123 cm³/mol. The number of carbonyl (C=O) groups is 2. The molecule has 1 saturated heterocycles. The van der Waals surface area contributed by atoms with E-state index >= 15 is 0 Å².